The quantitative estimate of drug-likeness (QED) is 0.331. The topological polar surface area (TPSA) is 47.4 Å². The molecule has 0 N–H and O–H groups in total. The third kappa shape index (κ3) is 4.40. The van der Waals surface area contributed by atoms with Gasteiger partial charge in [-0.25, -0.2) is 9.37 Å². The van der Waals surface area contributed by atoms with E-state index in [-0.39, 0.29) is 17.6 Å². The molecular weight excluding hydrogens is 429 g/mol. The molecule has 1 saturated heterocycles. The Morgan fingerprint density at radius 2 is 1.85 bits per heavy atom. The van der Waals surface area contributed by atoms with Gasteiger partial charge >= 0.3 is 0 Å². The fourth-order valence-corrected chi connectivity index (χ4v) is 4.66. The second-order valence-electron chi connectivity index (χ2n) is 8.96. The van der Waals surface area contributed by atoms with Crippen molar-refractivity contribution < 1.29 is 13.9 Å². The van der Waals surface area contributed by atoms with E-state index in [2.05, 4.69) is 42.7 Å². The van der Waals surface area contributed by atoms with Gasteiger partial charge < -0.3 is 14.2 Å². The molecule has 6 heteroatoms. The number of anilines is 1. The number of ether oxygens (including phenoxy) is 1. The van der Waals surface area contributed by atoms with Gasteiger partial charge in [0.25, 0.3) is 0 Å². The Morgan fingerprint density at radius 3 is 2.68 bits per heavy atom. The van der Waals surface area contributed by atoms with E-state index >= 15 is 0 Å². The van der Waals surface area contributed by atoms with Gasteiger partial charge in [0.05, 0.1) is 17.6 Å². The van der Waals surface area contributed by atoms with Crippen LogP contribution in [0.4, 0.5) is 10.1 Å². The number of rotatable bonds is 7. The Balaban J connectivity index is 1.34. The highest BCUT2D eigenvalue weighted by Crippen LogP contribution is 2.33. The minimum atomic E-state index is -0.309. The summed E-state index contributed by atoms with van der Waals surface area (Å²) in [6.07, 6.45) is 1.21. The minimum Gasteiger partial charge on any atom is -0.493 e. The number of imidazole rings is 1. The van der Waals surface area contributed by atoms with Crippen LogP contribution in [0.2, 0.25) is 0 Å². The summed E-state index contributed by atoms with van der Waals surface area (Å²) in [7, 11) is 0. The number of hydrogen-bond acceptors (Lipinski definition) is 3. The molecule has 1 aromatic heterocycles. The molecular formula is C28H28FN3O2. The fraction of sp³-hybridized carbons (Fsp3) is 0.286. The van der Waals surface area contributed by atoms with Crippen LogP contribution < -0.4 is 9.64 Å². The van der Waals surface area contributed by atoms with E-state index in [1.165, 1.54) is 17.7 Å². The molecule has 5 nitrogen and oxygen atoms in total. The molecule has 1 aliphatic rings. The molecule has 0 bridgehead atoms. The highest BCUT2D eigenvalue weighted by atomic mass is 19.1. The summed E-state index contributed by atoms with van der Waals surface area (Å²) in [6.45, 7) is 6.00. The van der Waals surface area contributed by atoms with Crippen LogP contribution in [0.5, 0.6) is 5.75 Å². The first-order valence-corrected chi connectivity index (χ1v) is 11.7. The molecule has 1 fully saturated rings. The Morgan fingerprint density at radius 1 is 1.06 bits per heavy atom. The summed E-state index contributed by atoms with van der Waals surface area (Å²) in [4.78, 5) is 19.5. The highest BCUT2D eigenvalue weighted by Gasteiger charge is 2.34. The van der Waals surface area contributed by atoms with Gasteiger partial charge in [-0.15, -0.1) is 0 Å². The standard InChI is InChI=1S/C28H28FN3O2/c1-19-8-9-20(2)26(16-19)34-15-5-14-31-25-7-4-3-6-24(25)30-28(31)21-17-27(33)32(18-21)23-12-10-22(29)11-13-23/h3-4,6-13,16,21H,5,14-15,17-18H2,1-2H3. The van der Waals surface area contributed by atoms with Gasteiger partial charge in [-0.1, -0.05) is 24.3 Å². The maximum atomic E-state index is 13.4. The minimum absolute atomic E-state index is 0.0233. The van der Waals surface area contributed by atoms with Crippen LogP contribution in [-0.2, 0) is 11.3 Å². The molecule has 0 spiro atoms. The Hall–Kier alpha value is -3.67. The lowest BCUT2D eigenvalue weighted by molar-refractivity contribution is -0.117. The van der Waals surface area contributed by atoms with Crippen LogP contribution >= 0.6 is 0 Å². The van der Waals surface area contributed by atoms with Crippen molar-refractivity contribution in [1.29, 1.82) is 0 Å². The number of fused-ring (bicyclic) bond motifs is 1. The number of para-hydroxylation sites is 2. The van der Waals surface area contributed by atoms with Crippen molar-refractivity contribution in [2.24, 2.45) is 0 Å². The average Bonchev–Trinajstić information content (AvgIpc) is 3.40. The number of carbonyl (C=O) groups excluding carboxylic acids is 1. The largest absolute Gasteiger partial charge is 0.493 e. The van der Waals surface area contributed by atoms with Gasteiger partial charge in [0.2, 0.25) is 5.91 Å². The molecule has 34 heavy (non-hydrogen) atoms. The lowest BCUT2D eigenvalue weighted by Gasteiger charge is -2.17. The number of hydrogen-bond donors (Lipinski definition) is 0. The van der Waals surface area contributed by atoms with Crippen LogP contribution in [0, 0.1) is 19.7 Å². The molecule has 1 amide bonds. The van der Waals surface area contributed by atoms with Crippen molar-refractivity contribution >= 4 is 22.6 Å². The smallest absolute Gasteiger partial charge is 0.227 e. The molecule has 1 atom stereocenters. The molecule has 2 heterocycles. The van der Waals surface area contributed by atoms with Crippen molar-refractivity contribution in [3.63, 3.8) is 0 Å². The first-order valence-electron chi connectivity index (χ1n) is 11.7. The van der Waals surface area contributed by atoms with Crippen molar-refractivity contribution in [2.45, 2.75) is 39.2 Å². The molecule has 1 unspecified atom stereocenters. The number of benzene rings is 3. The number of aryl methyl sites for hydroxylation is 3. The monoisotopic (exact) mass is 457 g/mol. The third-order valence-corrected chi connectivity index (χ3v) is 6.44. The Bertz CT molecular complexity index is 1330. The molecule has 0 aliphatic carbocycles. The van der Waals surface area contributed by atoms with Crippen molar-refractivity contribution in [3.05, 3.63) is 89.5 Å². The molecule has 3 aromatic carbocycles. The van der Waals surface area contributed by atoms with Crippen LogP contribution in [0.25, 0.3) is 11.0 Å². The van der Waals surface area contributed by atoms with Crippen LogP contribution in [0.1, 0.15) is 35.7 Å². The molecule has 5 rings (SSSR count). The van der Waals surface area contributed by atoms with Gasteiger partial charge in [0.15, 0.2) is 0 Å². The Kier molecular flexibility index (Phi) is 6.05. The van der Waals surface area contributed by atoms with E-state index in [4.69, 9.17) is 9.72 Å². The van der Waals surface area contributed by atoms with Crippen LogP contribution in [0.3, 0.4) is 0 Å². The van der Waals surface area contributed by atoms with Gasteiger partial charge in [0, 0.05) is 31.1 Å². The van der Waals surface area contributed by atoms with E-state index in [9.17, 15) is 9.18 Å². The van der Waals surface area contributed by atoms with E-state index in [1.807, 2.05) is 18.2 Å². The number of amides is 1. The zero-order valence-electron chi connectivity index (χ0n) is 19.5. The van der Waals surface area contributed by atoms with Gasteiger partial charge in [0.1, 0.15) is 17.4 Å². The molecule has 4 aromatic rings. The van der Waals surface area contributed by atoms with Crippen LogP contribution in [-0.4, -0.2) is 28.6 Å². The Labute approximate surface area is 198 Å². The summed E-state index contributed by atoms with van der Waals surface area (Å²) in [5, 5.41) is 0. The molecule has 1 aliphatic heterocycles. The maximum Gasteiger partial charge on any atom is 0.227 e. The van der Waals surface area contributed by atoms with E-state index in [0.717, 1.165) is 46.8 Å². The lowest BCUT2D eigenvalue weighted by atomic mass is 10.1. The summed E-state index contributed by atoms with van der Waals surface area (Å²) < 4.78 is 21.7. The van der Waals surface area contributed by atoms with E-state index in [1.54, 1.807) is 17.0 Å². The predicted octanol–water partition coefficient (Wildman–Crippen LogP) is 5.78. The number of halogens is 1. The maximum absolute atomic E-state index is 13.4. The SMILES string of the molecule is Cc1ccc(C)c(OCCCn2c(C3CC(=O)N(c4ccc(F)cc4)C3)nc3ccccc32)c1. The summed E-state index contributed by atoms with van der Waals surface area (Å²) >= 11 is 0. The second-order valence-corrected chi connectivity index (χ2v) is 8.96. The zero-order chi connectivity index (χ0) is 23.7. The molecule has 174 valence electrons. The van der Waals surface area contributed by atoms with E-state index < -0.39 is 0 Å². The van der Waals surface area contributed by atoms with Gasteiger partial charge in [-0.05, 0) is 73.9 Å². The zero-order valence-corrected chi connectivity index (χ0v) is 19.5. The van der Waals surface area contributed by atoms with Crippen molar-refractivity contribution in [2.75, 3.05) is 18.1 Å². The average molecular weight is 458 g/mol. The first-order chi connectivity index (χ1) is 16.5. The molecule has 0 radical (unpaired) electrons. The third-order valence-electron chi connectivity index (χ3n) is 6.44. The number of aromatic nitrogens is 2. The molecule has 0 saturated carbocycles. The second kappa shape index (κ2) is 9.29. The lowest BCUT2D eigenvalue weighted by Crippen LogP contribution is -2.24. The number of nitrogens with zero attached hydrogens (tertiary/aromatic N) is 3. The summed E-state index contributed by atoms with van der Waals surface area (Å²) in [5.74, 6) is 1.55. The normalized spacial score (nSPS) is 15.9. The number of carbonyl (C=O) groups is 1. The van der Waals surface area contributed by atoms with Gasteiger partial charge in [-0.2, -0.15) is 0 Å². The van der Waals surface area contributed by atoms with Crippen molar-refractivity contribution in [1.82, 2.24) is 9.55 Å². The van der Waals surface area contributed by atoms with Gasteiger partial charge in [-0.3, -0.25) is 4.79 Å². The van der Waals surface area contributed by atoms with Crippen molar-refractivity contribution in [3.8, 4) is 5.75 Å². The fourth-order valence-electron chi connectivity index (χ4n) is 4.66. The summed E-state index contributed by atoms with van der Waals surface area (Å²) in [6, 6.07) is 20.4. The van der Waals surface area contributed by atoms with E-state index in [0.29, 0.717) is 19.6 Å². The first kappa shape index (κ1) is 22.1. The highest BCUT2D eigenvalue weighted by molar-refractivity contribution is 5.96. The summed E-state index contributed by atoms with van der Waals surface area (Å²) in [5.41, 5.74) is 5.03. The predicted molar refractivity (Wildman–Crippen MR) is 132 cm³/mol. The van der Waals surface area contributed by atoms with Crippen LogP contribution in [0.15, 0.2) is 66.7 Å².